The van der Waals surface area contributed by atoms with Crippen molar-refractivity contribution in [3.63, 3.8) is 0 Å². The Bertz CT molecular complexity index is 1010. The van der Waals surface area contributed by atoms with Gasteiger partial charge in [0, 0.05) is 29.9 Å². The molecule has 1 amide bonds. The van der Waals surface area contributed by atoms with E-state index in [1.807, 2.05) is 35.2 Å². The fraction of sp³-hybridized carbons (Fsp3) is 0.350. The Labute approximate surface area is 169 Å². The number of amides is 1. The molecule has 9 heteroatoms. The van der Waals surface area contributed by atoms with Gasteiger partial charge in [0.15, 0.2) is 0 Å². The van der Waals surface area contributed by atoms with Crippen LogP contribution in [0.25, 0.3) is 10.1 Å². The Kier molecular flexibility index (Phi) is 5.16. The Hall–Kier alpha value is -2.68. The molecule has 2 aromatic heterocycles. The highest BCUT2D eigenvalue weighted by molar-refractivity contribution is 7.20. The average molecular weight is 420 g/mol. The molecule has 0 aliphatic carbocycles. The van der Waals surface area contributed by atoms with Crippen LogP contribution in [0.5, 0.6) is 0 Å². The first-order valence-corrected chi connectivity index (χ1v) is 10.1. The van der Waals surface area contributed by atoms with Gasteiger partial charge in [-0.15, -0.1) is 11.3 Å². The largest absolute Gasteiger partial charge is 0.433 e. The normalized spacial score (nSPS) is 15.7. The van der Waals surface area contributed by atoms with Crippen LogP contribution < -0.4 is 10.2 Å². The van der Waals surface area contributed by atoms with E-state index in [4.69, 9.17) is 0 Å². The van der Waals surface area contributed by atoms with Crippen LogP contribution in [0.1, 0.15) is 34.0 Å². The van der Waals surface area contributed by atoms with Crippen LogP contribution >= 0.6 is 11.3 Å². The van der Waals surface area contributed by atoms with E-state index >= 15 is 0 Å². The summed E-state index contributed by atoms with van der Waals surface area (Å²) in [6, 6.07) is 10.7. The fourth-order valence-electron chi connectivity index (χ4n) is 3.46. The summed E-state index contributed by atoms with van der Waals surface area (Å²) in [5.41, 5.74) is -0.930. The van der Waals surface area contributed by atoms with Gasteiger partial charge in [0.05, 0.1) is 4.88 Å². The monoisotopic (exact) mass is 420 g/mol. The topological polar surface area (TPSA) is 58.1 Å². The van der Waals surface area contributed by atoms with Crippen molar-refractivity contribution in [2.75, 3.05) is 18.0 Å². The van der Waals surface area contributed by atoms with E-state index in [1.54, 1.807) is 0 Å². The number of nitrogens with zero attached hydrogens (tertiary/aromatic N) is 3. The Morgan fingerprint density at radius 1 is 1.17 bits per heavy atom. The van der Waals surface area contributed by atoms with Crippen molar-refractivity contribution in [1.82, 2.24) is 15.3 Å². The van der Waals surface area contributed by atoms with Crippen molar-refractivity contribution in [3.8, 4) is 0 Å². The van der Waals surface area contributed by atoms with Crippen LogP contribution in [0.3, 0.4) is 0 Å². The zero-order valence-corrected chi connectivity index (χ0v) is 16.5. The molecule has 3 aromatic rings. The molecule has 0 spiro atoms. The second-order valence-electron chi connectivity index (χ2n) is 7.04. The molecule has 29 heavy (non-hydrogen) atoms. The lowest BCUT2D eigenvalue weighted by molar-refractivity contribution is -0.141. The molecule has 4 rings (SSSR count). The van der Waals surface area contributed by atoms with Gasteiger partial charge in [-0.2, -0.15) is 13.2 Å². The van der Waals surface area contributed by atoms with Crippen LogP contribution in [0.15, 0.2) is 36.4 Å². The molecule has 1 fully saturated rings. The number of carbonyl (C=O) groups excluding carboxylic acids is 1. The van der Waals surface area contributed by atoms with Gasteiger partial charge in [0.25, 0.3) is 5.91 Å². The second kappa shape index (κ2) is 7.62. The van der Waals surface area contributed by atoms with E-state index in [1.165, 1.54) is 18.3 Å². The first kappa shape index (κ1) is 19.6. The number of aryl methyl sites for hydroxylation is 1. The summed E-state index contributed by atoms with van der Waals surface area (Å²) in [4.78, 5) is 22.7. The van der Waals surface area contributed by atoms with Crippen LogP contribution in [-0.2, 0) is 6.18 Å². The molecule has 0 saturated carbocycles. The number of fused-ring (bicyclic) bond motifs is 1. The lowest BCUT2D eigenvalue weighted by Crippen LogP contribution is -2.45. The molecule has 1 aromatic carbocycles. The van der Waals surface area contributed by atoms with Crippen molar-refractivity contribution >= 4 is 33.1 Å². The average Bonchev–Trinajstić information content (AvgIpc) is 3.12. The van der Waals surface area contributed by atoms with Crippen molar-refractivity contribution in [1.29, 1.82) is 0 Å². The Morgan fingerprint density at radius 2 is 1.90 bits per heavy atom. The molecule has 1 N–H and O–H groups in total. The highest BCUT2D eigenvalue weighted by Gasteiger charge is 2.34. The maximum atomic E-state index is 13.0. The number of aromatic nitrogens is 2. The smallest absolute Gasteiger partial charge is 0.356 e. The number of carbonyl (C=O) groups is 1. The molecule has 1 saturated heterocycles. The number of hydrogen-bond donors (Lipinski definition) is 1. The number of hydrogen-bond acceptors (Lipinski definition) is 5. The standard InChI is InChI=1S/C20H19F3N4OS/c1-12-24-17(20(21,22)23)11-18(25-12)27-8-6-14(7-9-27)26-19(28)16-10-13-4-2-3-5-15(13)29-16/h2-5,10-11,14H,6-9H2,1H3,(H,26,28). The zero-order chi connectivity index (χ0) is 20.6. The molecule has 5 nitrogen and oxygen atoms in total. The molecule has 1 aliphatic rings. The number of piperidine rings is 1. The van der Waals surface area contributed by atoms with Gasteiger partial charge in [0.2, 0.25) is 0 Å². The van der Waals surface area contributed by atoms with Gasteiger partial charge in [-0.3, -0.25) is 4.79 Å². The third-order valence-corrected chi connectivity index (χ3v) is 6.03. The minimum atomic E-state index is -4.50. The van der Waals surface area contributed by atoms with E-state index in [9.17, 15) is 18.0 Å². The molecule has 1 aliphatic heterocycles. The molecule has 0 unspecified atom stereocenters. The molecular weight excluding hydrogens is 401 g/mol. The van der Waals surface area contributed by atoms with Gasteiger partial charge in [-0.25, -0.2) is 9.97 Å². The summed E-state index contributed by atoms with van der Waals surface area (Å²) in [7, 11) is 0. The lowest BCUT2D eigenvalue weighted by Gasteiger charge is -2.33. The number of alkyl halides is 3. The highest BCUT2D eigenvalue weighted by atomic mass is 32.1. The quantitative estimate of drug-likeness (QED) is 0.682. The fourth-order valence-corrected chi connectivity index (χ4v) is 4.43. The van der Waals surface area contributed by atoms with Gasteiger partial charge >= 0.3 is 6.18 Å². The molecule has 0 bridgehead atoms. The third-order valence-electron chi connectivity index (χ3n) is 4.92. The summed E-state index contributed by atoms with van der Waals surface area (Å²) in [5.74, 6) is 0.260. The van der Waals surface area contributed by atoms with Gasteiger partial charge in [-0.05, 0) is 37.3 Å². The van der Waals surface area contributed by atoms with E-state index in [-0.39, 0.29) is 23.6 Å². The molecule has 152 valence electrons. The van der Waals surface area contributed by atoms with Crippen LogP contribution in [0, 0.1) is 6.92 Å². The zero-order valence-electron chi connectivity index (χ0n) is 15.7. The van der Waals surface area contributed by atoms with Crippen molar-refractivity contribution in [2.24, 2.45) is 0 Å². The van der Waals surface area contributed by atoms with E-state index < -0.39 is 11.9 Å². The van der Waals surface area contributed by atoms with Gasteiger partial charge in [0.1, 0.15) is 17.3 Å². The summed E-state index contributed by atoms with van der Waals surface area (Å²) in [6.45, 7) is 2.49. The molecule has 0 atom stereocenters. The van der Waals surface area contributed by atoms with Crippen molar-refractivity contribution < 1.29 is 18.0 Å². The first-order valence-electron chi connectivity index (χ1n) is 9.27. The predicted octanol–water partition coefficient (Wildman–Crippen LogP) is 4.42. The lowest BCUT2D eigenvalue weighted by atomic mass is 10.0. The van der Waals surface area contributed by atoms with Crippen LogP contribution in [-0.4, -0.2) is 35.0 Å². The van der Waals surface area contributed by atoms with Crippen molar-refractivity contribution in [2.45, 2.75) is 32.0 Å². The Morgan fingerprint density at radius 3 is 2.59 bits per heavy atom. The first-order chi connectivity index (χ1) is 13.8. The van der Waals surface area contributed by atoms with Crippen LogP contribution in [0.2, 0.25) is 0 Å². The minimum Gasteiger partial charge on any atom is -0.356 e. The van der Waals surface area contributed by atoms with E-state index in [0.717, 1.165) is 16.2 Å². The number of benzene rings is 1. The maximum Gasteiger partial charge on any atom is 0.433 e. The van der Waals surface area contributed by atoms with E-state index in [0.29, 0.717) is 30.8 Å². The number of halogens is 3. The van der Waals surface area contributed by atoms with Crippen molar-refractivity contribution in [3.05, 3.63) is 52.8 Å². The minimum absolute atomic E-state index is 0.0195. The summed E-state index contributed by atoms with van der Waals surface area (Å²) >= 11 is 1.45. The summed E-state index contributed by atoms with van der Waals surface area (Å²) < 4.78 is 40.1. The maximum absolute atomic E-state index is 13.0. The number of anilines is 1. The van der Waals surface area contributed by atoms with Gasteiger partial charge in [-0.1, -0.05) is 18.2 Å². The third kappa shape index (κ3) is 4.34. The molecule has 0 radical (unpaired) electrons. The van der Waals surface area contributed by atoms with Crippen LogP contribution in [0.4, 0.5) is 19.0 Å². The molecule has 3 heterocycles. The van der Waals surface area contributed by atoms with Gasteiger partial charge < -0.3 is 10.2 Å². The number of rotatable bonds is 3. The molecular formula is C20H19F3N4OS. The predicted molar refractivity (Wildman–Crippen MR) is 106 cm³/mol. The second-order valence-corrected chi connectivity index (χ2v) is 8.12. The highest BCUT2D eigenvalue weighted by Crippen LogP contribution is 2.30. The Balaban J connectivity index is 1.39. The summed E-state index contributed by atoms with van der Waals surface area (Å²) in [5, 5.41) is 4.09. The number of nitrogens with one attached hydrogen (secondary N) is 1. The number of thiophene rings is 1. The summed E-state index contributed by atoms with van der Waals surface area (Å²) in [6.07, 6.45) is -3.22. The van der Waals surface area contributed by atoms with E-state index in [2.05, 4.69) is 15.3 Å². The SMILES string of the molecule is Cc1nc(N2CCC(NC(=O)c3cc4ccccc4s3)CC2)cc(C(F)(F)F)n1.